The number of nitrogens with zero attached hydrogens (tertiary/aromatic N) is 3. The van der Waals surface area contributed by atoms with Gasteiger partial charge in [0.05, 0.1) is 11.1 Å². The maximum absolute atomic E-state index is 13.2. The largest absolute Gasteiger partial charge is 0.385 e. The minimum atomic E-state index is -0.367. The lowest BCUT2D eigenvalue weighted by molar-refractivity contribution is -0.135. The summed E-state index contributed by atoms with van der Waals surface area (Å²) in [5, 5.41) is 0. The molecule has 2 aliphatic rings. The standard InChI is InChI=1S/C24H33N3O5/c1-4-17(5-2)21(28)25-10-6-11-26(14-13-25)22(29)18-8-9-19-20(16-18)24(31)27(23(19)30)12-7-15-32-3/h8-9,16-17H,4-7,10-15H2,1-3H3. The molecule has 174 valence electrons. The third kappa shape index (κ3) is 4.85. The van der Waals surface area contributed by atoms with Gasteiger partial charge in [0.25, 0.3) is 17.7 Å². The third-order valence-electron chi connectivity index (χ3n) is 6.38. The summed E-state index contributed by atoms with van der Waals surface area (Å²) in [6.45, 7) is 6.97. The lowest BCUT2D eigenvalue weighted by Crippen LogP contribution is -2.39. The Hall–Kier alpha value is -2.74. The number of ether oxygens (including phenoxy) is 1. The summed E-state index contributed by atoms with van der Waals surface area (Å²) in [7, 11) is 1.57. The van der Waals surface area contributed by atoms with Gasteiger partial charge in [-0.3, -0.25) is 24.1 Å². The van der Waals surface area contributed by atoms with Gasteiger partial charge in [-0.2, -0.15) is 0 Å². The molecule has 0 radical (unpaired) electrons. The molecule has 4 amide bonds. The smallest absolute Gasteiger partial charge is 0.261 e. The first-order chi connectivity index (χ1) is 15.4. The van der Waals surface area contributed by atoms with Crippen molar-refractivity contribution in [2.75, 3.05) is 46.4 Å². The van der Waals surface area contributed by atoms with Gasteiger partial charge in [-0.15, -0.1) is 0 Å². The second kappa shape index (κ2) is 10.7. The Bertz CT molecular complexity index is 880. The van der Waals surface area contributed by atoms with Gasteiger partial charge in [-0.25, -0.2) is 0 Å². The maximum atomic E-state index is 13.2. The van der Waals surface area contributed by atoms with Crippen molar-refractivity contribution >= 4 is 23.6 Å². The summed E-state index contributed by atoms with van der Waals surface area (Å²) in [6, 6.07) is 4.72. The van der Waals surface area contributed by atoms with E-state index in [1.807, 2.05) is 18.7 Å². The minimum Gasteiger partial charge on any atom is -0.385 e. The molecule has 1 aromatic carbocycles. The molecule has 0 N–H and O–H groups in total. The topological polar surface area (TPSA) is 87.2 Å². The van der Waals surface area contributed by atoms with Crippen molar-refractivity contribution in [2.24, 2.45) is 5.92 Å². The lowest BCUT2D eigenvalue weighted by atomic mass is 10.0. The first-order valence-electron chi connectivity index (χ1n) is 11.5. The third-order valence-corrected chi connectivity index (χ3v) is 6.38. The molecular weight excluding hydrogens is 410 g/mol. The van der Waals surface area contributed by atoms with Crippen LogP contribution >= 0.6 is 0 Å². The van der Waals surface area contributed by atoms with Crippen LogP contribution in [0, 0.1) is 5.92 Å². The number of amides is 4. The fourth-order valence-electron chi connectivity index (χ4n) is 4.41. The molecule has 1 aromatic rings. The van der Waals surface area contributed by atoms with E-state index in [0.717, 1.165) is 12.8 Å². The number of hydrogen-bond donors (Lipinski definition) is 0. The Morgan fingerprint density at radius 3 is 2.31 bits per heavy atom. The number of hydrogen-bond acceptors (Lipinski definition) is 5. The highest BCUT2D eigenvalue weighted by Crippen LogP contribution is 2.25. The quantitative estimate of drug-likeness (QED) is 0.455. The zero-order chi connectivity index (χ0) is 23.3. The first kappa shape index (κ1) is 23.9. The van der Waals surface area contributed by atoms with Gasteiger partial charge in [0.2, 0.25) is 5.91 Å². The SMILES string of the molecule is CCC(CC)C(=O)N1CCCN(C(=O)c2ccc3c(c2)C(=O)N(CCCOC)C3=O)CC1. The lowest BCUT2D eigenvalue weighted by Gasteiger charge is -2.25. The number of imide groups is 1. The van der Waals surface area contributed by atoms with Crippen molar-refractivity contribution in [2.45, 2.75) is 39.5 Å². The molecule has 8 heteroatoms. The Morgan fingerprint density at radius 2 is 1.62 bits per heavy atom. The molecule has 1 fully saturated rings. The fraction of sp³-hybridized carbons (Fsp3) is 0.583. The predicted octanol–water partition coefficient (Wildman–Crippen LogP) is 2.43. The van der Waals surface area contributed by atoms with E-state index in [4.69, 9.17) is 4.74 Å². The molecule has 0 aliphatic carbocycles. The Labute approximate surface area is 189 Å². The highest BCUT2D eigenvalue weighted by Gasteiger charge is 2.36. The summed E-state index contributed by atoms with van der Waals surface area (Å²) in [5.41, 5.74) is 1.00. The van der Waals surface area contributed by atoms with Crippen LogP contribution in [-0.4, -0.2) is 84.8 Å². The summed E-state index contributed by atoms with van der Waals surface area (Å²) < 4.78 is 5.00. The van der Waals surface area contributed by atoms with Gasteiger partial charge < -0.3 is 14.5 Å². The second-order valence-electron chi connectivity index (χ2n) is 8.35. The molecule has 1 saturated heterocycles. The van der Waals surface area contributed by atoms with E-state index in [1.54, 1.807) is 24.1 Å². The number of fused-ring (bicyclic) bond motifs is 1. The van der Waals surface area contributed by atoms with Crippen LogP contribution in [0.15, 0.2) is 18.2 Å². The molecular formula is C24H33N3O5. The molecule has 3 rings (SSSR count). The molecule has 0 atom stereocenters. The predicted molar refractivity (Wildman–Crippen MR) is 119 cm³/mol. The van der Waals surface area contributed by atoms with Crippen molar-refractivity contribution in [1.29, 1.82) is 0 Å². The van der Waals surface area contributed by atoms with Crippen LogP contribution in [0.4, 0.5) is 0 Å². The van der Waals surface area contributed by atoms with Crippen LogP contribution in [-0.2, 0) is 9.53 Å². The molecule has 0 saturated carbocycles. The van der Waals surface area contributed by atoms with E-state index in [0.29, 0.717) is 56.8 Å². The molecule has 0 bridgehead atoms. The highest BCUT2D eigenvalue weighted by molar-refractivity contribution is 6.22. The van der Waals surface area contributed by atoms with Gasteiger partial charge in [-0.05, 0) is 43.9 Å². The van der Waals surface area contributed by atoms with Crippen molar-refractivity contribution in [3.05, 3.63) is 34.9 Å². The Balaban J connectivity index is 1.69. The average molecular weight is 444 g/mol. The van der Waals surface area contributed by atoms with Crippen molar-refractivity contribution in [1.82, 2.24) is 14.7 Å². The number of methoxy groups -OCH3 is 1. The molecule has 0 aromatic heterocycles. The van der Waals surface area contributed by atoms with E-state index in [9.17, 15) is 19.2 Å². The van der Waals surface area contributed by atoms with Crippen molar-refractivity contribution in [3.63, 3.8) is 0 Å². The average Bonchev–Trinajstić information content (AvgIpc) is 2.97. The Kier molecular flexibility index (Phi) is 8.01. The monoisotopic (exact) mass is 443 g/mol. The minimum absolute atomic E-state index is 0.0318. The van der Waals surface area contributed by atoms with E-state index in [1.165, 1.54) is 11.0 Å². The van der Waals surface area contributed by atoms with Crippen LogP contribution in [0.3, 0.4) is 0 Å². The summed E-state index contributed by atoms with van der Waals surface area (Å²) >= 11 is 0. The molecule has 0 unspecified atom stereocenters. The number of carbonyl (C=O) groups is 4. The van der Waals surface area contributed by atoms with Crippen LogP contribution in [0.5, 0.6) is 0 Å². The zero-order valence-corrected chi connectivity index (χ0v) is 19.3. The molecule has 2 aliphatic heterocycles. The van der Waals surface area contributed by atoms with Gasteiger partial charge >= 0.3 is 0 Å². The fourth-order valence-corrected chi connectivity index (χ4v) is 4.41. The molecule has 32 heavy (non-hydrogen) atoms. The van der Waals surface area contributed by atoms with Crippen LogP contribution in [0.2, 0.25) is 0 Å². The van der Waals surface area contributed by atoms with E-state index >= 15 is 0 Å². The van der Waals surface area contributed by atoms with Crippen molar-refractivity contribution in [3.8, 4) is 0 Å². The van der Waals surface area contributed by atoms with Gasteiger partial charge in [0, 0.05) is 57.9 Å². The zero-order valence-electron chi connectivity index (χ0n) is 19.3. The number of rotatable bonds is 8. The summed E-state index contributed by atoms with van der Waals surface area (Å²) in [4.78, 5) is 56.0. The van der Waals surface area contributed by atoms with Gasteiger partial charge in [0.1, 0.15) is 0 Å². The second-order valence-corrected chi connectivity index (χ2v) is 8.35. The van der Waals surface area contributed by atoms with Crippen LogP contribution in [0.1, 0.15) is 70.6 Å². The Morgan fingerprint density at radius 1 is 0.969 bits per heavy atom. The van der Waals surface area contributed by atoms with E-state index < -0.39 is 0 Å². The van der Waals surface area contributed by atoms with E-state index in [-0.39, 0.29) is 41.7 Å². The highest BCUT2D eigenvalue weighted by atomic mass is 16.5. The number of carbonyl (C=O) groups excluding carboxylic acids is 4. The van der Waals surface area contributed by atoms with Crippen molar-refractivity contribution < 1.29 is 23.9 Å². The van der Waals surface area contributed by atoms with Crippen LogP contribution < -0.4 is 0 Å². The van der Waals surface area contributed by atoms with E-state index in [2.05, 4.69) is 0 Å². The van der Waals surface area contributed by atoms with Gasteiger partial charge in [0.15, 0.2) is 0 Å². The molecule has 8 nitrogen and oxygen atoms in total. The van der Waals surface area contributed by atoms with Gasteiger partial charge in [-0.1, -0.05) is 13.8 Å². The summed E-state index contributed by atoms with van der Waals surface area (Å²) in [5.74, 6) is -0.675. The molecule has 0 spiro atoms. The maximum Gasteiger partial charge on any atom is 0.261 e. The first-order valence-corrected chi connectivity index (χ1v) is 11.5. The summed E-state index contributed by atoms with van der Waals surface area (Å²) in [6.07, 6.45) is 2.92. The number of benzene rings is 1. The normalized spacial score (nSPS) is 16.6. The molecule has 2 heterocycles. The van der Waals surface area contributed by atoms with Crippen LogP contribution in [0.25, 0.3) is 0 Å².